The van der Waals surface area contributed by atoms with E-state index in [0.29, 0.717) is 18.0 Å². The Morgan fingerprint density at radius 3 is 2.90 bits per heavy atom. The van der Waals surface area contributed by atoms with Crippen molar-refractivity contribution in [1.29, 1.82) is 0 Å². The summed E-state index contributed by atoms with van der Waals surface area (Å²) in [5, 5.41) is 3.00. The van der Waals surface area contributed by atoms with Crippen molar-refractivity contribution in [1.82, 2.24) is 5.32 Å². The Balaban J connectivity index is 1.88. The summed E-state index contributed by atoms with van der Waals surface area (Å²) in [5.41, 5.74) is 0.309. The summed E-state index contributed by atoms with van der Waals surface area (Å²) in [6.45, 7) is -2.34. The fraction of sp³-hybridized carbons (Fsp3) is 0.500. The summed E-state index contributed by atoms with van der Waals surface area (Å²) >= 11 is 6.01. The van der Waals surface area contributed by atoms with E-state index in [1.165, 1.54) is 18.2 Å². The van der Waals surface area contributed by atoms with E-state index in [-0.39, 0.29) is 17.0 Å². The number of nitrogens with one attached hydrogen (secondary N) is 1. The average Bonchev–Trinajstić information content (AvgIpc) is 2.81. The molecule has 0 heterocycles. The number of benzene rings is 1. The standard InChI is InChI=1S/C14H16ClF2NO2/c15-11-5-4-9(6-11)8-18-13(19)10-2-1-3-12(7-10)20-14(16)17/h1-3,7,9,11,14H,4-6,8H2,(H,18,19). The summed E-state index contributed by atoms with van der Waals surface area (Å²) in [7, 11) is 0. The van der Waals surface area contributed by atoms with Gasteiger partial charge in [-0.15, -0.1) is 11.6 Å². The quantitative estimate of drug-likeness (QED) is 0.846. The first-order chi connectivity index (χ1) is 9.54. The Morgan fingerprint density at radius 1 is 1.45 bits per heavy atom. The number of halogens is 3. The zero-order chi connectivity index (χ0) is 14.5. The van der Waals surface area contributed by atoms with Gasteiger partial charge in [-0.05, 0) is 43.4 Å². The van der Waals surface area contributed by atoms with Crippen LogP contribution < -0.4 is 10.1 Å². The molecule has 110 valence electrons. The van der Waals surface area contributed by atoms with Crippen LogP contribution >= 0.6 is 11.6 Å². The van der Waals surface area contributed by atoms with Crippen molar-refractivity contribution >= 4 is 17.5 Å². The number of hydrogen-bond acceptors (Lipinski definition) is 2. The minimum absolute atomic E-state index is 0.0191. The van der Waals surface area contributed by atoms with E-state index in [9.17, 15) is 13.6 Å². The van der Waals surface area contributed by atoms with Gasteiger partial charge in [-0.25, -0.2) is 0 Å². The van der Waals surface area contributed by atoms with Crippen molar-refractivity contribution in [2.24, 2.45) is 5.92 Å². The van der Waals surface area contributed by atoms with Gasteiger partial charge in [0.25, 0.3) is 5.91 Å². The van der Waals surface area contributed by atoms with Crippen LogP contribution in [-0.4, -0.2) is 24.4 Å². The van der Waals surface area contributed by atoms with Crippen LogP contribution in [0, 0.1) is 5.92 Å². The molecule has 0 aromatic heterocycles. The largest absolute Gasteiger partial charge is 0.435 e. The highest BCUT2D eigenvalue weighted by molar-refractivity contribution is 6.20. The van der Waals surface area contributed by atoms with E-state index in [1.807, 2.05) is 0 Å². The van der Waals surface area contributed by atoms with Gasteiger partial charge < -0.3 is 10.1 Å². The molecule has 2 atom stereocenters. The van der Waals surface area contributed by atoms with Gasteiger partial charge in [0.1, 0.15) is 5.75 Å². The molecule has 1 saturated carbocycles. The van der Waals surface area contributed by atoms with Gasteiger partial charge in [0.05, 0.1) is 0 Å². The van der Waals surface area contributed by atoms with Crippen LogP contribution in [0.1, 0.15) is 29.6 Å². The maximum Gasteiger partial charge on any atom is 0.387 e. The van der Waals surface area contributed by atoms with Gasteiger partial charge in [0.2, 0.25) is 0 Å². The predicted octanol–water partition coefficient (Wildman–Crippen LogP) is 3.43. The number of hydrogen-bond donors (Lipinski definition) is 1. The van der Waals surface area contributed by atoms with Crippen LogP contribution in [-0.2, 0) is 0 Å². The molecule has 1 aromatic rings. The van der Waals surface area contributed by atoms with Gasteiger partial charge in [-0.1, -0.05) is 6.07 Å². The first kappa shape index (κ1) is 15.0. The summed E-state index contributed by atoms with van der Waals surface area (Å²) in [4.78, 5) is 11.9. The number of ether oxygens (including phenoxy) is 1. The summed E-state index contributed by atoms with van der Waals surface area (Å²) in [5.74, 6) is 0.0824. The van der Waals surface area contributed by atoms with Gasteiger partial charge >= 0.3 is 6.61 Å². The van der Waals surface area contributed by atoms with Gasteiger partial charge in [-0.3, -0.25) is 4.79 Å². The van der Waals surface area contributed by atoms with E-state index in [4.69, 9.17) is 11.6 Å². The van der Waals surface area contributed by atoms with Crippen molar-refractivity contribution < 1.29 is 18.3 Å². The molecule has 0 spiro atoms. The Bertz CT molecular complexity index is 470. The van der Waals surface area contributed by atoms with E-state index < -0.39 is 6.61 Å². The lowest BCUT2D eigenvalue weighted by atomic mass is 10.1. The molecule has 1 N–H and O–H groups in total. The third-order valence-corrected chi connectivity index (χ3v) is 3.75. The topological polar surface area (TPSA) is 38.3 Å². The monoisotopic (exact) mass is 303 g/mol. The Labute approximate surface area is 121 Å². The van der Waals surface area contributed by atoms with Crippen LogP contribution in [0.3, 0.4) is 0 Å². The second-order valence-electron chi connectivity index (χ2n) is 4.89. The Hall–Kier alpha value is -1.36. The molecule has 0 bridgehead atoms. The smallest absolute Gasteiger partial charge is 0.387 e. The first-order valence-electron chi connectivity index (χ1n) is 6.51. The number of rotatable bonds is 5. The van der Waals surface area contributed by atoms with E-state index in [2.05, 4.69) is 10.1 Å². The molecule has 0 aliphatic heterocycles. The highest BCUT2D eigenvalue weighted by atomic mass is 35.5. The molecule has 1 aromatic carbocycles. The highest BCUT2D eigenvalue weighted by Gasteiger charge is 2.23. The van der Waals surface area contributed by atoms with Crippen molar-refractivity contribution in [3.63, 3.8) is 0 Å². The summed E-state index contributed by atoms with van der Waals surface area (Å²) in [6.07, 6.45) is 2.87. The molecule has 6 heteroatoms. The third kappa shape index (κ3) is 4.34. The minimum Gasteiger partial charge on any atom is -0.435 e. The van der Waals surface area contributed by atoms with Crippen molar-refractivity contribution in [3.05, 3.63) is 29.8 Å². The molecule has 1 fully saturated rings. The maximum absolute atomic E-state index is 12.1. The number of carbonyl (C=O) groups excluding carboxylic acids is 1. The number of alkyl halides is 3. The summed E-state index contributed by atoms with van der Waals surface area (Å²) in [6, 6.07) is 5.77. The highest BCUT2D eigenvalue weighted by Crippen LogP contribution is 2.28. The van der Waals surface area contributed by atoms with E-state index in [1.54, 1.807) is 6.07 Å². The van der Waals surface area contributed by atoms with Crippen LogP contribution in [0.2, 0.25) is 0 Å². The van der Waals surface area contributed by atoms with Gasteiger partial charge in [-0.2, -0.15) is 8.78 Å². The molecule has 1 aliphatic rings. The predicted molar refractivity (Wildman–Crippen MR) is 72.4 cm³/mol. The van der Waals surface area contributed by atoms with Gasteiger partial charge in [0.15, 0.2) is 0 Å². The Kier molecular flexibility index (Phi) is 5.17. The lowest BCUT2D eigenvalue weighted by Gasteiger charge is -2.11. The average molecular weight is 304 g/mol. The lowest BCUT2D eigenvalue weighted by Crippen LogP contribution is -2.28. The third-order valence-electron chi connectivity index (χ3n) is 3.35. The second kappa shape index (κ2) is 6.88. The fourth-order valence-electron chi connectivity index (χ4n) is 2.35. The van der Waals surface area contributed by atoms with Gasteiger partial charge in [0, 0.05) is 17.5 Å². The zero-order valence-corrected chi connectivity index (χ0v) is 11.6. The van der Waals surface area contributed by atoms with Crippen LogP contribution in [0.15, 0.2) is 24.3 Å². The fourth-order valence-corrected chi connectivity index (χ4v) is 2.73. The molecule has 0 radical (unpaired) electrons. The number of amides is 1. The van der Waals surface area contributed by atoms with E-state index >= 15 is 0 Å². The minimum atomic E-state index is -2.90. The summed E-state index contributed by atoms with van der Waals surface area (Å²) < 4.78 is 28.5. The zero-order valence-electron chi connectivity index (χ0n) is 10.8. The molecule has 0 saturated heterocycles. The molecule has 1 aliphatic carbocycles. The Morgan fingerprint density at radius 2 is 2.25 bits per heavy atom. The lowest BCUT2D eigenvalue weighted by molar-refractivity contribution is -0.0498. The van der Waals surface area contributed by atoms with E-state index in [0.717, 1.165) is 19.3 Å². The molecule has 2 unspecified atom stereocenters. The van der Waals surface area contributed by atoms with Crippen molar-refractivity contribution in [2.45, 2.75) is 31.3 Å². The first-order valence-corrected chi connectivity index (χ1v) is 6.95. The molecule has 20 heavy (non-hydrogen) atoms. The SMILES string of the molecule is O=C(NCC1CCC(Cl)C1)c1cccc(OC(F)F)c1. The molecule has 3 nitrogen and oxygen atoms in total. The normalized spacial score (nSPS) is 22.0. The second-order valence-corrected chi connectivity index (χ2v) is 5.51. The maximum atomic E-state index is 12.1. The van der Waals surface area contributed by atoms with Crippen LogP contribution in [0.25, 0.3) is 0 Å². The van der Waals surface area contributed by atoms with Crippen molar-refractivity contribution in [3.8, 4) is 5.75 Å². The molecular weight excluding hydrogens is 288 g/mol. The molecule has 2 rings (SSSR count). The van der Waals surface area contributed by atoms with Crippen LogP contribution in [0.5, 0.6) is 5.75 Å². The molecule has 1 amide bonds. The molecular formula is C14H16ClF2NO2. The van der Waals surface area contributed by atoms with Crippen LogP contribution in [0.4, 0.5) is 8.78 Å². The number of carbonyl (C=O) groups is 1. The van der Waals surface area contributed by atoms with Crippen molar-refractivity contribution in [2.75, 3.05) is 6.54 Å².